The lowest BCUT2D eigenvalue weighted by Gasteiger charge is -2.16. The van der Waals surface area contributed by atoms with Crippen molar-refractivity contribution >= 4 is 5.91 Å². The van der Waals surface area contributed by atoms with Crippen molar-refractivity contribution in [3.63, 3.8) is 0 Å². The molecule has 5 nitrogen and oxygen atoms in total. The minimum absolute atomic E-state index is 0.269. The van der Waals surface area contributed by atoms with Crippen LogP contribution in [0.2, 0.25) is 0 Å². The van der Waals surface area contributed by atoms with Gasteiger partial charge >= 0.3 is 0 Å². The first-order valence-electron chi connectivity index (χ1n) is 6.20. The Morgan fingerprint density at radius 1 is 1.50 bits per heavy atom. The van der Waals surface area contributed by atoms with Gasteiger partial charge in [-0.2, -0.15) is 4.39 Å². The molecule has 2 aromatic rings. The molecule has 0 bridgehead atoms. The number of furan rings is 1. The van der Waals surface area contributed by atoms with Crippen molar-refractivity contribution in [3.05, 3.63) is 54.0 Å². The van der Waals surface area contributed by atoms with Crippen LogP contribution < -0.4 is 5.32 Å². The number of pyridine rings is 1. The highest BCUT2D eigenvalue weighted by molar-refractivity contribution is 5.93. The molecule has 106 valence electrons. The van der Waals surface area contributed by atoms with E-state index in [9.17, 15) is 14.3 Å². The van der Waals surface area contributed by atoms with E-state index in [-0.39, 0.29) is 17.5 Å². The van der Waals surface area contributed by atoms with Crippen molar-refractivity contribution in [2.45, 2.75) is 25.5 Å². The van der Waals surface area contributed by atoms with E-state index in [1.165, 1.54) is 18.5 Å². The Morgan fingerprint density at radius 2 is 2.30 bits per heavy atom. The Morgan fingerprint density at radius 3 is 2.90 bits per heavy atom. The fourth-order valence-electron chi connectivity index (χ4n) is 1.81. The molecule has 0 aromatic carbocycles. The first kappa shape index (κ1) is 14.2. The van der Waals surface area contributed by atoms with Crippen LogP contribution in [0.5, 0.6) is 0 Å². The van der Waals surface area contributed by atoms with E-state index in [2.05, 4.69) is 10.3 Å². The highest BCUT2D eigenvalue weighted by atomic mass is 19.1. The van der Waals surface area contributed by atoms with Gasteiger partial charge < -0.3 is 14.8 Å². The van der Waals surface area contributed by atoms with Crippen molar-refractivity contribution in [1.29, 1.82) is 0 Å². The number of carbonyl (C=O) groups is 1. The van der Waals surface area contributed by atoms with E-state index in [0.717, 1.165) is 6.07 Å². The summed E-state index contributed by atoms with van der Waals surface area (Å²) >= 11 is 0. The monoisotopic (exact) mass is 278 g/mol. The van der Waals surface area contributed by atoms with Crippen LogP contribution in [0.1, 0.15) is 35.6 Å². The number of hydrogen-bond acceptors (Lipinski definition) is 4. The smallest absolute Gasteiger partial charge is 0.253 e. The van der Waals surface area contributed by atoms with E-state index in [0.29, 0.717) is 12.2 Å². The number of nitrogens with zero attached hydrogens (tertiary/aromatic N) is 1. The van der Waals surface area contributed by atoms with E-state index in [4.69, 9.17) is 4.42 Å². The summed E-state index contributed by atoms with van der Waals surface area (Å²) in [5.74, 6) is -0.547. The SMILES string of the molecule is CC(CC(O)c1ccco1)NC(=O)c1ccc(F)nc1. The van der Waals surface area contributed by atoms with Gasteiger partial charge in [0.15, 0.2) is 0 Å². The number of aromatic nitrogens is 1. The van der Waals surface area contributed by atoms with Crippen LogP contribution in [0.3, 0.4) is 0 Å². The number of aliphatic hydroxyl groups excluding tert-OH is 1. The number of aliphatic hydroxyl groups is 1. The van der Waals surface area contributed by atoms with Gasteiger partial charge in [-0.15, -0.1) is 0 Å². The molecule has 0 saturated carbocycles. The standard InChI is InChI=1S/C14H15FN2O3/c1-9(7-11(18)12-3-2-6-20-12)17-14(19)10-4-5-13(15)16-8-10/h2-6,8-9,11,18H,7H2,1H3,(H,17,19). The molecule has 2 N–H and O–H groups in total. The number of nitrogens with one attached hydrogen (secondary N) is 1. The summed E-state index contributed by atoms with van der Waals surface area (Å²) in [5.41, 5.74) is 0.269. The second-order valence-electron chi connectivity index (χ2n) is 4.51. The summed E-state index contributed by atoms with van der Waals surface area (Å²) in [7, 11) is 0. The minimum atomic E-state index is -0.786. The predicted molar refractivity (Wildman–Crippen MR) is 69.4 cm³/mol. The average Bonchev–Trinajstić information content (AvgIpc) is 2.93. The maximum Gasteiger partial charge on any atom is 0.253 e. The van der Waals surface area contributed by atoms with Crippen LogP contribution in [-0.4, -0.2) is 22.0 Å². The minimum Gasteiger partial charge on any atom is -0.467 e. The zero-order valence-electron chi connectivity index (χ0n) is 10.9. The maximum absolute atomic E-state index is 12.7. The van der Waals surface area contributed by atoms with Crippen molar-refractivity contribution in [2.24, 2.45) is 0 Å². The van der Waals surface area contributed by atoms with E-state index < -0.39 is 12.1 Å². The second-order valence-corrected chi connectivity index (χ2v) is 4.51. The quantitative estimate of drug-likeness (QED) is 0.821. The fourth-order valence-corrected chi connectivity index (χ4v) is 1.81. The summed E-state index contributed by atoms with van der Waals surface area (Å²) in [4.78, 5) is 15.3. The Balaban J connectivity index is 1.89. The van der Waals surface area contributed by atoms with Crippen molar-refractivity contribution in [1.82, 2.24) is 10.3 Å². The molecule has 0 saturated heterocycles. The van der Waals surface area contributed by atoms with Gasteiger partial charge in [0.25, 0.3) is 5.91 Å². The third-order valence-corrected chi connectivity index (χ3v) is 2.82. The fraction of sp³-hybridized carbons (Fsp3) is 0.286. The summed E-state index contributed by atoms with van der Waals surface area (Å²) in [6, 6.07) is 5.56. The van der Waals surface area contributed by atoms with Crippen LogP contribution in [0.25, 0.3) is 0 Å². The van der Waals surface area contributed by atoms with E-state index >= 15 is 0 Å². The lowest BCUT2D eigenvalue weighted by atomic mass is 10.1. The molecule has 0 aliphatic rings. The van der Waals surface area contributed by atoms with E-state index in [1.54, 1.807) is 19.1 Å². The average molecular weight is 278 g/mol. The van der Waals surface area contributed by atoms with Gasteiger partial charge in [-0.25, -0.2) is 4.98 Å². The molecule has 0 spiro atoms. The molecular formula is C14H15FN2O3. The molecule has 2 heterocycles. The van der Waals surface area contributed by atoms with E-state index in [1.807, 2.05) is 0 Å². The topological polar surface area (TPSA) is 75.4 Å². The van der Waals surface area contributed by atoms with Crippen LogP contribution in [-0.2, 0) is 0 Å². The largest absolute Gasteiger partial charge is 0.467 e. The molecule has 2 rings (SSSR count). The lowest BCUT2D eigenvalue weighted by Crippen LogP contribution is -2.33. The highest BCUT2D eigenvalue weighted by Crippen LogP contribution is 2.18. The van der Waals surface area contributed by atoms with Crippen LogP contribution >= 0.6 is 0 Å². The second kappa shape index (κ2) is 6.29. The summed E-state index contributed by atoms with van der Waals surface area (Å²) in [6.45, 7) is 1.76. The zero-order chi connectivity index (χ0) is 14.5. The Labute approximate surface area is 115 Å². The maximum atomic E-state index is 12.7. The summed E-state index contributed by atoms with van der Waals surface area (Å²) in [6.07, 6.45) is 2.17. The third-order valence-electron chi connectivity index (χ3n) is 2.82. The van der Waals surface area contributed by atoms with Gasteiger partial charge in [0.05, 0.1) is 11.8 Å². The predicted octanol–water partition coefficient (Wildman–Crippen LogP) is 2.06. The first-order chi connectivity index (χ1) is 9.56. The van der Waals surface area contributed by atoms with Gasteiger partial charge in [0.1, 0.15) is 11.9 Å². The number of amides is 1. The van der Waals surface area contributed by atoms with Crippen molar-refractivity contribution in [3.8, 4) is 0 Å². The number of rotatable bonds is 5. The molecule has 2 aromatic heterocycles. The normalized spacial score (nSPS) is 13.8. The molecule has 0 aliphatic carbocycles. The van der Waals surface area contributed by atoms with Gasteiger partial charge in [0, 0.05) is 18.7 Å². The molecule has 6 heteroatoms. The number of carbonyl (C=O) groups excluding carboxylic acids is 1. The third kappa shape index (κ3) is 3.64. The highest BCUT2D eigenvalue weighted by Gasteiger charge is 2.17. The Kier molecular flexibility index (Phi) is 4.47. The van der Waals surface area contributed by atoms with Gasteiger partial charge in [0.2, 0.25) is 5.95 Å². The summed E-state index contributed by atoms with van der Waals surface area (Å²) < 4.78 is 17.7. The molecule has 20 heavy (non-hydrogen) atoms. The van der Waals surface area contributed by atoms with Crippen molar-refractivity contribution < 1.29 is 18.7 Å². The molecule has 0 radical (unpaired) electrons. The van der Waals surface area contributed by atoms with Gasteiger partial charge in [-0.1, -0.05) is 0 Å². The first-order valence-corrected chi connectivity index (χ1v) is 6.20. The van der Waals surface area contributed by atoms with Crippen LogP contribution in [0.15, 0.2) is 41.1 Å². The molecule has 2 unspecified atom stereocenters. The number of hydrogen-bond donors (Lipinski definition) is 2. The molecular weight excluding hydrogens is 263 g/mol. The zero-order valence-corrected chi connectivity index (χ0v) is 10.9. The van der Waals surface area contributed by atoms with Crippen LogP contribution in [0, 0.1) is 5.95 Å². The number of halogens is 1. The molecule has 0 aliphatic heterocycles. The van der Waals surface area contributed by atoms with Crippen LogP contribution in [0.4, 0.5) is 4.39 Å². The molecule has 1 amide bonds. The Hall–Kier alpha value is -2.21. The van der Waals surface area contributed by atoms with Gasteiger partial charge in [-0.05, 0) is 31.2 Å². The Bertz CT molecular complexity index is 554. The van der Waals surface area contributed by atoms with Gasteiger partial charge in [-0.3, -0.25) is 4.79 Å². The molecule has 2 atom stereocenters. The summed E-state index contributed by atoms with van der Waals surface area (Å²) in [5, 5.41) is 12.6. The lowest BCUT2D eigenvalue weighted by molar-refractivity contribution is 0.0902. The van der Waals surface area contributed by atoms with Crippen molar-refractivity contribution in [2.75, 3.05) is 0 Å². The molecule has 0 fully saturated rings.